The molecule has 4 heterocycles. The van der Waals surface area contributed by atoms with Crippen molar-refractivity contribution in [1.29, 1.82) is 0 Å². The van der Waals surface area contributed by atoms with Crippen molar-refractivity contribution < 1.29 is 4.74 Å². The van der Waals surface area contributed by atoms with E-state index in [-0.39, 0.29) is 6.61 Å². The third-order valence-corrected chi connectivity index (χ3v) is 4.81. The molecule has 0 radical (unpaired) electrons. The maximum Gasteiger partial charge on any atom is 0.225 e. The van der Waals surface area contributed by atoms with Crippen LogP contribution in [0.5, 0.6) is 5.88 Å². The van der Waals surface area contributed by atoms with Crippen molar-refractivity contribution in [2.24, 2.45) is 0 Å². The molecule has 5 rings (SSSR count). The van der Waals surface area contributed by atoms with E-state index in [0.717, 1.165) is 28.5 Å². The van der Waals surface area contributed by atoms with E-state index in [9.17, 15) is 0 Å². The lowest BCUT2D eigenvalue weighted by molar-refractivity contribution is 0.284. The van der Waals surface area contributed by atoms with Crippen molar-refractivity contribution in [1.82, 2.24) is 40.1 Å². The van der Waals surface area contributed by atoms with Gasteiger partial charge in [0.25, 0.3) is 0 Å². The molecule has 0 unspecified atom stereocenters. The number of fused-ring (bicyclic) bond motifs is 1. The van der Waals surface area contributed by atoms with E-state index in [1.54, 1.807) is 23.3 Å². The first-order chi connectivity index (χ1) is 15.3. The third kappa shape index (κ3) is 3.80. The molecule has 31 heavy (non-hydrogen) atoms. The molecule has 5 aromatic rings. The summed E-state index contributed by atoms with van der Waals surface area (Å²) in [7, 11) is 0. The number of benzene rings is 1. The molecule has 0 aliphatic carbocycles. The van der Waals surface area contributed by atoms with E-state index < -0.39 is 0 Å². The van der Waals surface area contributed by atoms with Crippen LogP contribution in [-0.2, 0) is 13.0 Å². The molecule has 0 aliphatic heterocycles. The van der Waals surface area contributed by atoms with Crippen LogP contribution in [0.1, 0.15) is 18.3 Å². The summed E-state index contributed by atoms with van der Waals surface area (Å²) in [6, 6.07) is 15.4. The summed E-state index contributed by atoms with van der Waals surface area (Å²) in [6.07, 6.45) is 6.06. The molecule has 152 valence electrons. The van der Waals surface area contributed by atoms with Gasteiger partial charge in [-0.05, 0) is 58.8 Å². The van der Waals surface area contributed by atoms with Crippen LogP contribution in [-0.4, -0.2) is 40.1 Å². The normalized spacial score (nSPS) is 11.0. The van der Waals surface area contributed by atoms with E-state index in [1.165, 1.54) is 0 Å². The molecule has 0 fully saturated rings. The van der Waals surface area contributed by atoms with Gasteiger partial charge in [-0.15, -0.1) is 5.10 Å². The second-order valence-corrected chi connectivity index (χ2v) is 6.78. The Labute approximate surface area is 177 Å². The van der Waals surface area contributed by atoms with Crippen LogP contribution in [0.15, 0.2) is 67.1 Å². The molecule has 0 saturated heterocycles. The molecule has 9 nitrogen and oxygen atoms in total. The summed E-state index contributed by atoms with van der Waals surface area (Å²) < 4.78 is 7.66. The Balaban J connectivity index is 1.49. The Hall–Kier alpha value is -4.27. The van der Waals surface area contributed by atoms with Crippen LogP contribution in [0.2, 0.25) is 0 Å². The lowest BCUT2D eigenvalue weighted by Crippen LogP contribution is -2.09. The second kappa shape index (κ2) is 8.23. The number of rotatable bonds is 6. The number of hydrogen-bond donors (Lipinski definition) is 0. The van der Waals surface area contributed by atoms with Crippen LogP contribution >= 0.6 is 0 Å². The van der Waals surface area contributed by atoms with E-state index in [1.807, 2.05) is 48.5 Å². The zero-order valence-corrected chi connectivity index (χ0v) is 16.8. The first-order valence-electron chi connectivity index (χ1n) is 9.84. The second-order valence-electron chi connectivity index (χ2n) is 6.78. The zero-order valence-electron chi connectivity index (χ0n) is 16.8. The van der Waals surface area contributed by atoms with E-state index in [2.05, 4.69) is 42.4 Å². The smallest absolute Gasteiger partial charge is 0.225 e. The molecular weight excluding hydrogens is 392 g/mol. The fraction of sp³-hybridized carbons (Fsp3) is 0.136. The molecule has 0 bridgehead atoms. The summed E-state index contributed by atoms with van der Waals surface area (Å²) in [4.78, 5) is 17.7. The molecule has 0 amide bonds. The Morgan fingerprint density at radius 2 is 1.84 bits per heavy atom. The number of ether oxygens (including phenoxy) is 1. The molecular formula is C22H18N8O. The summed E-state index contributed by atoms with van der Waals surface area (Å²) in [6.45, 7) is 2.21. The highest BCUT2D eigenvalue weighted by molar-refractivity contribution is 5.85. The minimum absolute atomic E-state index is 0.127. The van der Waals surface area contributed by atoms with Crippen LogP contribution in [0.4, 0.5) is 0 Å². The van der Waals surface area contributed by atoms with Gasteiger partial charge in [-0.25, -0.2) is 9.97 Å². The average Bonchev–Trinajstić information content (AvgIpc) is 3.31. The number of aryl methyl sites for hydroxylation is 1. The highest BCUT2D eigenvalue weighted by atomic mass is 16.5. The predicted octanol–water partition coefficient (Wildman–Crippen LogP) is 3.20. The fourth-order valence-corrected chi connectivity index (χ4v) is 3.19. The van der Waals surface area contributed by atoms with Crippen molar-refractivity contribution >= 4 is 10.9 Å². The highest BCUT2D eigenvalue weighted by Crippen LogP contribution is 2.26. The van der Waals surface area contributed by atoms with Crippen LogP contribution < -0.4 is 4.74 Å². The first-order valence-corrected chi connectivity index (χ1v) is 9.84. The van der Waals surface area contributed by atoms with Gasteiger partial charge in [-0.1, -0.05) is 19.1 Å². The average molecular weight is 410 g/mol. The van der Waals surface area contributed by atoms with Gasteiger partial charge in [0.05, 0.1) is 10.9 Å². The Morgan fingerprint density at radius 3 is 2.71 bits per heavy atom. The lowest BCUT2D eigenvalue weighted by Gasteiger charge is -2.10. The Morgan fingerprint density at radius 1 is 0.968 bits per heavy atom. The zero-order chi connectivity index (χ0) is 21.0. The van der Waals surface area contributed by atoms with Crippen molar-refractivity contribution in [2.45, 2.75) is 20.0 Å². The van der Waals surface area contributed by atoms with Gasteiger partial charge >= 0.3 is 0 Å². The summed E-state index contributed by atoms with van der Waals surface area (Å²) in [5.41, 5.74) is 2.79. The van der Waals surface area contributed by atoms with Crippen LogP contribution in [0, 0.1) is 0 Å². The standard InChI is InChI=1S/C22H18N8O/c1-2-15-7-12-24-19(13-15)30-20(27-28-29-30)14-31-22-17-5-3-4-6-18(17)25-21(26-22)16-8-10-23-11-9-16/h3-13H,2,14H2,1H3. The van der Waals surface area contributed by atoms with E-state index >= 15 is 0 Å². The molecule has 4 aromatic heterocycles. The maximum absolute atomic E-state index is 6.09. The van der Waals surface area contributed by atoms with Gasteiger partial charge in [0, 0.05) is 24.2 Å². The molecule has 0 saturated carbocycles. The van der Waals surface area contributed by atoms with Crippen molar-refractivity contribution in [3.05, 3.63) is 78.5 Å². The molecule has 9 heteroatoms. The van der Waals surface area contributed by atoms with E-state index in [4.69, 9.17) is 4.74 Å². The van der Waals surface area contributed by atoms with Gasteiger partial charge in [-0.3, -0.25) is 4.98 Å². The molecule has 0 aliphatic rings. The number of aromatic nitrogens is 8. The van der Waals surface area contributed by atoms with Gasteiger partial charge in [0.2, 0.25) is 5.88 Å². The SMILES string of the molecule is CCc1ccnc(-n2nnnc2COc2nc(-c3ccncc3)nc3ccccc23)c1. The van der Waals surface area contributed by atoms with Crippen molar-refractivity contribution in [2.75, 3.05) is 0 Å². The molecule has 0 spiro atoms. The summed E-state index contributed by atoms with van der Waals surface area (Å²) in [5.74, 6) is 2.19. The number of nitrogens with zero attached hydrogens (tertiary/aromatic N) is 8. The number of para-hydroxylation sites is 1. The third-order valence-electron chi connectivity index (χ3n) is 4.81. The largest absolute Gasteiger partial charge is 0.469 e. The summed E-state index contributed by atoms with van der Waals surface area (Å²) in [5, 5.41) is 12.8. The number of hydrogen-bond acceptors (Lipinski definition) is 8. The molecule has 1 aromatic carbocycles. The monoisotopic (exact) mass is 410 g/mol. The first kappa shape index (κ1) is 18.7. The van der Waals surface area contributed by atoms with Crippen LogP contribution in [0.3, 0.4) is 0 Å². The van der Waals surface area contributed by atoms with E-state index in [0.29, 0.717) is 23.3 Å². The maximum atomic E-state index is 6.09. The summed E-state index contributed by atoms with van der Waals surface area (Å²) >= 11 is 0. The minimum Gasteiger partial charge on any atom is -0.469 e. The number of pyridine rings is 2. The quantitative estimate of drug-likeness (QED) is 0.420. The van der Waals surface area contributed by atoms with Crippen molar-refractivity contribution in [3.63, 3.8) is 0 Å². The predicted molar refractivity (Wildman–Crippen MR) is 113 cm³/mol. The van der Waals surface area contributed by atoms with Gasteiger partial charge in [0.15, 0.2) is 24.1 Å². The molecule has 0 atom stereocenters. The number of tetrazole rings is 1. The van der Waals surface area contributed by atoms with Crippen LogP contribution in [0.25, 0.3) is 28.1 Å². The van der Waals surface area contributed by atoms with Crippen molar-refractivity contribution in [3.8, 4) is 23.1 Å². The fourth-order valence-electron chi connectivity index (χ4n) is 3.19. The minimum atomic E-state index is 0.127. The lowest BCUT2D eigenvalue weighted by atomic mass is 10.2. The van der Waals surface area contributed by atoms with Gasteiger partial charge in [-0.2, -0.15) is 9.67 Å². The highest BCUT2D eigenvalue weighted by Gasteiger charge is 2.14. The Bertz CT molecular complexity index is 1340. The van der Waals surface area contributed by atoms with Gasteiger partial charge in [0.1, 0.15) is 0 Å². The Kier molecular flexibility index (Phi) is 4.97. The molecule has 0 N–H and O–H groups in total. The topological polar surface area (TPSA) is 104 Å². The van der Waals surface area contributed by atoms with Gasteiger partial charge < -0.3 is 4.74 Å².